The Morgan fingerprint density at radius 3 is 1.71 bits per heavy atom. The number of unbranched alkanes of at least 4 members (excludes halogenated alkanes) is 1. The van der Waals surface area contributed by atoms with Crippen molar-refractivity contribution in [3.8, 4) is 0 Å². The SMILES string of the molecule is O=C(O)O.OCCCCC(CO)CO. The van der Waals surface area contributed by atoms with E-state index in [1.807, 2.05) is 0 Å². The van der Waals surface area contributed by atoms with Crippen LogP contribution in [0.5, 0.6) is 0 Å². The van der Waals surface area contributed by atoms with Gasteiger partial charge in [0.25, 0.3) is 0 Å². The Morgan fingerprint density at radius 2 is 1.43 bits per heavy atom. The van der Waals surface area contributed by atoms with Crippen LogP contribution < -0.4 is 0 Å². The number of hydrogen-bond acceptors (Lipinski definition) is 4. The second-order valence-electron chi connectivity index (χ2n) is 2.73. The lowest BCUT2D eigenvalue weighted by Crippen LogP contribution is -2.10. The van der Waals surface area contributed by atoms with Gasteiger partial charge >= 0.3 is 6.16 Å². The molecule has 0 aromatic carbocycles. The molecule has 0 bridgehead atoms. The molecular weight excluding hydrogens is 192 g/mol. The lowest BCUT2D eigenvalue weighted by Gasteiger charge is -2.08. The molecule has 0 radical (unpaired) electrons. The zero-order valence-corrected chi connectivity index (χ0v) is 7.96. The molecule has 0 saturated carbocycles. The molecule has 86 valence electrons. The molecule has 0 amide bonds. The standard InChI is InChI=1S/C7H16O3.CH2O3/c8-4-2-1-3-7(5-9)6-10;2-1(3)4/h7-10H,1-6H2;(H2,2,3,4). The molecule has 0 atom stereocenters. The topological polar surface area (TPSA) is 118 Å². The summed E-state index contributed by atoms with van der Waals surface area (Å²) in [4.78, 5) is 8.56. The van der Waals surface area contributed by atoms with Gasteiger partial charge < -0.3 is 25.5 Å². The fourth-order valence-electron chi connectivity index (χ4n) is 0.785. The first-order chi connectivity index (χ1) is 6.58. The molecule has 0 spiro atoms. The van der Waals surface area contributed by atoms with Gasteiger partial charge in [0, 0.05) is 25.7 Å². The molecule has 0 aromatic rings. The molecule has 6 nitrogen and oxygen atoms in total. The molecule has 0 unspecified atom stereocenters. The van der Waals surface area contributed by atoms with E-state index in [4.69, 9.17) is 30.3 Å². The molecule has 14 heavy (non-hydrogen) atoms. The highest BCUT2D eigenvalue weighted by Gasteiger charge is 2.03. The molecule has 0 aromatic heterocycles. The van der Waals surface area contributed by atoms with Crippen molar-refractivity contribution in [2.45, 2.75) is 19.3 Å². The Hall–Kier alpha value is -0.850. The normalized spacial score (nSPS) is 9.43. The highest BCUT2D eigenvalue weighted by Crippen LogP contribution is 2.05. The van der Waals surface area contributed by atoms with Crippen LogP contribution in [-0.2, 0) is 0 Å². The number of hydrogen-bond donors (Lipinski definition) is 5. The average Bonchev–Trinajstić information content (AvgIpc) is 2.12. The Labute approximate surface area is 82.4 Å². The van der Waals surface area contributed by atoms with Crippen molar-refractivity contribution in [2.75, 3.05) is 19.8 Å². The molecule has 5 N–H and O–H groups in total. The first-order valence-electron chi connectivity index (χ1n) is 4.32. The molecule has 0 aliphatic rings. The summed E-state index contributed by atoms with van der Waals surface area (Å²) in [7, 11) is 0. The van der Waals surface area contributed by atoms with Crippen molar-refractivity contribution in [3.63, 3.8) is 0 Å². The average molecular weight is 210 g/mol. The Balaban J connectivity index is 0. The maximum absolute atomic E-state index is 8.60. The van der Waals surface area contributed by atoms with E-state index in [0.717, 1.165) is 19.3 Å². The monoisotopic (exact) mass is 210 g/mol. The smallest absolute Gasteiger partial charge is 0.450 e. The third-order valence-electron chi connectivity index (χ3n) is 1.54. The van der Waals surface area contributed by atoms with Crippen LogP contribution in [0.25, 0.3) is 0 Å². The van der Waals surface area contributed by atoms with E-state index in [0.29, 0.717) is 0 Å². The van der Waals surface area contributed by atoms with Crippen molar-refractivity contribution in [1.82, 2.24) is 0 Å². The van der Waals surface area contributed by atoms with E-state index in [1.165, 1.54) is 0 Å². The third kappa shape index (κ3) is 17.3. The maximum Gasteiger partial charge on any atom is 0.503 e. The van der Waals surface area contributed by atoms with E-state index in [1.54, 1.807) is 0 Å². The fraction of sp³-hybridized carbons (Fsp3) is 0.875. The van der Waals surface area contributed by atoms with Crippen molar-refractivity contribution < 1.29 is 30.3 Å². The zero-order chi connectivity index (χ0) is 11.4. The molecule has 0 heterocycles. The molecular formula is C8H18O6. The summed E-state index contributed by atoms with van der Waals surface area (Å²) in [5.74, 6) is 0.00606. The summed E-state index contributed by atoms with van der Waals surface area (Å²) >= 11 is 0. The summed E-state index contributed by atoms with van der Waals surface area (Å²) < 4.78 is 0. The third-order valence-corrected chi connectivity index (χ3v) is 1.54. The van der Waals surface area contributed by atoms with Gasteiger partial charge in [0.15, 0.2) is 0 Å². The van der Waals surface area contributed by atoms with Crippen LogP contribution in [0.4, 0.5) is 4.79 Å². The van der Waals surface area contributed by atoms with Crippen molar-refractivity contribution in [2.24, 2.45) is 5.92 Å². The first-order valence-corrected chi connectivity index (χ1v) is 4.32. The highest BCUT2D eigenvalue weighted by molar-refractivity contribution is 5.53. The van der Waals surface area contributed by atoms with Crippen LogP contribution in [0, 0.1) is 5.92 Å². The van der Waals surface area contributed by atoms with Crippen molar-refractivity contribution in [1.29, 1.82) is 0 Å². The minimum atomic E-state index is -1.83. The molecule has 0 aliphatic carbocycles. The minimum Gasteiger partial charge on any atom is -0.450 e. The van der Waals surface area contributed by atoms with Gasteiger partial charge in [0.2, 0.25) is 0 Å². The summed E-state index contributed by atoms with van der Waals surface area (Å²) in [6.07, 6.45) is 0.604. The Kier molecular flexibility index (Phi) is 13.6. The van der Waals surface area contributed by atoms with Crippen LogP contribution in [-0.4, -0.2) is 51.5 Å². The Morgan fingerprint density at radius 1 is 1.00 bits per heavy atom. The number of carbonyl (C=O) groups is 1. The highest BCUT2D eigenvalue weighted by atomic mass is 16.6. The summed E-state index contributed by atoms with van der Waals surface area (Å²) in [5, 5.41) is 39.5. The summed E-state index contributed by atoms with van der Waals surface area (Å²) in [5.41, 5.74) is 0. The lowest BCUT2D eigenvalue weighted by molar-refractivity contribution is 0.136. The van der Waals surface area contributed by atoms with Crippen LogP contribution in [0.2, 0.25) is 0 Å². The van der Waals surface area contributed by atoms with Crippen LogP contribution >= 0.6 is 0 Å². The van der Waals surface area contributed by atoms with E-state index in [-0.39, 0.29) is 25.7 Å². The first kappa shape index (κ1) is 15.6. The lowest BCUT2D eigenvalue weighted by atomic mass is 10.0. The number of rotatable bonds is 6. The van der Waals surface area contributed by atoms with Crippen LogP contribution in [0.15, 0.2) is 0 Å². The van der Waals surface area contributed by atoms with E-state index in [9.17, 15) is 0 Å². The predicted molar refractivity (Wildman–Crippen MR) is 49.3 cm³/mol. The summed E-state index contributed by atoms with van der Waals surface area (Å²) in [6.45, 7) is 0.285. The van der Waals surface area contributed by atoms with E-state index < -0.39 is 6.16 Å². The molecule has 0 rings (SSSR count). The Bertz CT molecular complexity index is 119. The fourth-order valence-corrected chi connectivity index (χ4v) is 0.785. The van der Waals surface area contributed by atoms with Crippen molar-refractivity contribution in [3.05, 3.63) is 0 Å². The van der Waals surface area contributed by atoms with Gasteiger partial charge in [0.1, 0.15) is 0 Å². The van der Waals surface area contributed by atoms with E-state index >= 15 is 0 Å². The van der Waals surface area contributed by atoms with Gasteiger partial charge in [0.05, 0.1) is 0 Å². The van der Waals surface area contributed by atoms with Gasteiger partial charge in [-0.25, -0.2) is 4.79 Å². The maximum atomic E-state index is 8.60. The van der Waals surface area contributed by atoms with E-state index in [2.05, 4.69) is 0 Å². The van der Waals surface area contributed by atoms with Gasteiger partial charge in [-0.3, -0.25) is 0 Å². The molecule has 0 fully saturated rings. The molecule has 0 saturated heterocycles. The predicted octanol–water partition coefficient (Wildman–Crippen LogP) is -0.0278. The van der Waals surface area contributed by atoms with Crippen LogP contribution in [0.1, 0.15) is 19.3 Å². The van der Waals surface area contributed by atoms with Gasteiger partial charge in [-0.05, 0) is 12.8 Å². The quantitative estimate of drug-likeness (QED) is 0.393. The second-order valence-corrected chi connectivity index (χ2v) is 2.73. The second kappa shape index (κ2) is 12.2. The minimum absolute atomic E-state index is 0.00606. The van der Waals surface area contributed by atoms with Gasteiger partial charge in [-0.2, -0.15) is 0 Å². The van der Waals surface area contributed by atoms with Gasteiger partial charge in [-0.1, -0.05) is 6.42 Å². The van der Waals surface area contributed by atoms with Gasteiger partial charge in [-0.15, -0.1) is 0 Å². The molecule has 0 aliphatic heterocycles. The summed E-state index contributed by atoms with van der Waals surface area (Å²) in [6, 6.07) is 0. The van der Waals surface area contributed by atoms with Crippen molar-refractivity contribution >= 4 is 6.16 Å². The zero-order valence-electron chi connectivity index (χ0n) is 7.96. The number of aliphatic hydroxyl groups is 3. The number of carboxylic acid groups (broad SMARTS) is 2. The molecule has 6 heteroatoms. The largest absolute Gasteiger partial charge is 0.503 e. The number of aliphatic hydroxyl groups excluding tert-OH is 3. The van der Waals surface area contributed by atoms with Crippen LogP contribution in [0.3, 0.4) is 0 Å².